The van der Waals surface area contributed by atoms with Crippen molar-refractivity contribution < 1.29 is 19.6 Å². The molecule has 1 aromatic heterocycles. The third-order valence-corrected chi connectivity index (χ3v) is 6.44. The molecule has 1 saturated carbocycles. The molecular weight excluding hydrogens is 314 g/mol. The molecule has 0 saturated heterocycles. The Bertz CT molecular complexity index is 551. The van der Waals surface area contributed by atoms with Gasteiger partial charge in [0.2, 0.25) is 0 Å². The van der Waals surface area contributed by atoms with Crippen LogP contribution in [0.5, 0.6) is 0 Å². The van der Waals surface area contributed by atoms with Crippen LogP contribution in [0, 0.1) is 15.5 Å². The second kappa shape index (κ2) is 6.33. The number of hydrogen-bond acceptors (Lipinski definition) is 7. The number of methoxy groups -OCH3 is 1. The number of esters is 1. The van der Waals surface area contributed by atoms with Gasteiger partial charge in [-0.15, -0.1) is 23.1 Å². The summed E-state index contributed by atoms with van der Waals surface area (Å²) < 4.78 is 5.28. The third kappa shape index (κ3) is 3.96. The molecule has 1 fully saturated rings. The van der Waals surface area contributed by atoms with Crippen molar-refractivity contribution in [2.45, 2.75) is 36.5 Å². The smallest absolute Gasteiger partial charge is 0.306 e. The van der Waals surface area contributed by atoms with Crippen LogP contribution in [0.15, 0.2) is 10.3 Å². The van der Waals surface area contributed by atoms with Crippen LogP contribution in [0.1, 0.15) is 37.2 Å². The van der Waals surface area contributed by atoms with E-state index in [1.807, 2.05) is 0 Å². The van der Waals surface area contributed by atoms with E-state index in [0.29, 0.717) is 21.3 Å². The Hall–Kier alpha value is -1.12. The Morgan fingerprint density at radius 2 is 2.33 bits per heavy atom. The number of nitrogens with zero attached hydrogens (tertiary/aromatic N) is 1. The number of thioether (sulfide) groups is 1. The molecule has 1 unspecified atom stereocenters. The van der Waals surface area contributed by atoms with Gasteiger partial charge in [0.1, 0.15) is 4.21 Å². The number of hydrogen-bond donors (Lipinski definition) is 1. The van der Waals surface area contributed by atoms with E-state index >= 15 is 0 Å². The van der Waals surface area contributed by atoms with Gasteiger partial charge in [0.25, 0.3) is 5.69 Å². The van der Waals surface area contributed by atoms with Crippen LogP contribution in [-0.2, 0) is 9.53 Å². The largest absolute Gasteiger partial charge is 0.469 e. The highest BCUT2D eigenvalue weighted by Crippen LogP contribution is 2.53. The second-order valence-corrected chi connectivity index (χ2v) is 7.62. The van der Waals surface area contributed by atoms with E-state index in [1.165, 1.54) is 36.3 Å². The zero-order chi connectivity index (χ0) is 15.6. The van der Waals surface area contributed by atoms with Gasteiger partial charge in [-0.3, -0.25) is 14.9 Å². The molecule has 1 aliphatic rings. The van der Waals surface area contributed by atoms with Crippen molar-refractivity contribution in [3.8, 4) is 0 Å². The van der Waals surface area contributed by atoms with E-state index in [2.05, 4.69) is 4.74 Å². The number of nitro groups is 1. The lowest BCUT2D eigenvalue weighted by Gasteiger charge is -2.11. The standard InChI is InChI=1S/C13H17NO5S2/c1-8(15)10-5-9(14(17)18)12(21-10)20-7-13(3-4-13)6-11(16)19-2/h5,8,15H,3-4,6-7H2,1-2H3. The van der Waals surface area contributed by atoms with Crippen LogP contribution in [-0.4, -0.2) is 28.9 Å². The molecule has 0 aromatic carbocycles. The van der Waals surface area contributed by atoms with Gasteiger partial charge >= 0.3 is 5.97 Å². The molecule has 1 aromatic rings. The molecule has 0 spiro atoms. The number of thiophene rings is 1. The van der Waals surface area contributed by atoms with Crippen LogP contribution in [0.4, 0.5) is 5.69 Å². The minimum Gasteiger partial charge on any atom is -0.469 e. The van der Waals surface area contributed by atoms with Crippen molar-refractivity contribution in [1.29, 1.82) is 0 Å². The van der Waals surface area contributed by atoms with Crippen molar-refractivity contribution in [3.05, 3.63) is 21.1 Å². The fourth-order valence-corrected chi connectivity index (χ4v) is 4.57. The van der Waals surface area contributed by atoms with E-state index in [4.69, 9.17) is 0 Å². The number of ether oxygens (including phenoxy) is 1. The van der Waals surface area contributed by atoms with Gasteiger partial charge in [-0.2, -0.15) is 0 Å². The molecule has 6 nitrogen and oxygen atoms in total. The summed E-state index contributed by atoms with van der Waals surface area (Å²) in [5.41, 5.74) is -0.0459. The Morgan fingerprint density at radius 3 is 2.81 bits per heavy atom. The monoisotopic (exact) mass is 331 g/mol. The number of rotatable bonds is 7. The molecule has 1 atom stereocenters. The molecule has 1 heterocycles. The van der Waals surface area contributed by atoms with Gasteiger partial charge in [0.15, 0.2) is 0 Å². The van der Waals surface area contributed by atoms with Gasteiger partial charge in [-0.25, -0.2) is 0 Å². The number of carbonyl (C=O) groups excluding carboxylic acids is 1. The Kier molecular flexibility index (Phi) is 4.90. The maximum atomic E-state index is 11.4. The first-order chi connectivity index (χ1) is 9.87. The quantitative estimate of drug-likeness (QED) is 0.357. The molecule has 0 aliphatic heterocycles. The van der Waals surface area contributed by atoms with E-state index < -0.39 is 11.0 Å². The predicted octanol–water partition coefficient (Wildman–Crippen LogP) is 3.15. The molecule has 21 heavy (non-hydrogen) atoms. The van der Waals surface area contributed by atoms with E-state index in [0.717, 1.165) is 12.8 Å². The van der Waals surface area contributed by atoms with Crippen LogP contribution >= 0.6 is 23.1 Å². The lowest BCUT2D eigenvalue weighted by atomic mass is 10.1. The highest BCUT2D eigenvalue weighted by Gasteiger charge is 2.45. The second-order valence-electron chi connectivity index (χ2n) is 5.30. The molecule has 1 N–H and O–H groups in total. The number of aliphatic hydroxyl groups is 1. The Morgan fingerprint density at radius 1 is 1.67 bits per heavy atom. The van der Waals surface area contributed by atoms with Crippen molar-refractivity contribution in [2.24, 2.45) is 5.41 Å². The van der Waals surface area contributed by atoms with Crippen molar-refractivity contribution in [1.82, 2.24) is 0 Å². The molecule has 8 heteroatoms. The third-order valence-electron chi connectivity index (χ3n) is 3.52. The van der Waals surface area contributed by atoms with E-state index in [9.17, 15) is 20.0 Å². The molecule has 2 rings (SSSR count). The van der Waals surface area contributed by atoms with Gasteiger partial charge < -0.3 is 9.84 Å². The summed E-state index contributed by atoms with van der Waals surface area (Å²) in [4.78, 5) is 22.6. The first-order valence-corrected chi connectivity index (χ1v) is 8.33. The highest BCUT2D eigenvalue weighted by molar-refractivity contribution is 8.01. The maximum absolute atomic E-state index is 11.4. The summed E-state index contributed by atoms with van der Waals surface area (Å²) in [6.45, 7) is 1.59. The number of carbonyl (C=O) groups is 1. The minimum absolute atomic E-state index is 0.0368. The highest BCUT2D eigenvalue weighted by atomic mass is 32.2. The van der Waals surface area contributed by atoms with Crippen molar-refractivity contribution in [2.75, 3.05) is 12.9 Å². The fourth-order valence-electron chi connectivity index (χ4n) is 1.96. The number of aliphatic hydroxyl groups excluding tert-OH is 1. The molecule has 0 amide bonds. The van der Waals surface area contributed by atoms with Crippen LogP contribution in [0.25, 0.3) is 0 Å². The lowest BCUT2D eigenvalue weighted by Crippen LogP contribution is -2.12. The summed E-state index contributed by atoms with van der Waals surface area (Å²) in [7, 11) is 1.37. The van der Waals surface area contributed by atoms with E-state index in [1.54, 1.807) is 6.92 Å². The lowest BCUT2D eigenvalue weighted by molar-refractivity contribution is -0.387. The normalized spacial score (nSPS) is 17.3. The van der Waals surface area contributed by atoms with Crippen LogP contribution < -0.4 is 0 Å². The minimum atomic E-state index is -0.715. The topological polar surface area (TPSA) is 89.7 Å². The molecule has 116 valence electrons. The van der Waals surface area contributed by atoms with Crippen LogP contribution in [0.2, 0.25) is 0 Å². The fraction of sp³-hybridized carbons (Fsp3) is 0.615. The first kappa shape index (κ1) is 16.3. The predicted molar refractivity (Wildman–Crippen MR) is 80.6 cm³/mol. The molecular formula is C13H17NO5S2. The summed E-state index contributed by atoms with van der Waals surface area (Å²) in [6, 6.07) is 1.43. The summed E-state index contributed by atoms with van der Waals surface area (Å²) >= 11 is 2.64. The average molecular weight is 331 g/mol. The zero-order valence-corrected chi connectivity index (χ0v) is 13.5. The zero-order valence-electron chi connectivity index (χ0n) is 11.8. The van der Waals surface area contributed by atoms with Gasteiger partial charge in [-0.05, 0) is 25.2 Å². The van der Waals surface area contributed by atoms with Gasteiger partial charge in [0, 0.05) is 16.7 Å². The maximum Gasteiger partial charge on any atom is 0.306 e. The average Bonchev–Trinajstić information content (AvgIpc) is 3.03. The Balaban J connectivity index is 2.06. The Labute approximate surface area is 130 Å². The molecule has 1 aliphatic carbocycles. The van der Waals surface area contributed by atoms with Gasteiger partial charge in [-0.1, -0.05) is 0 Å². The molecule has 0 bridgehead atoms. The summed E-state index contributed by atoms with van der Waals surface area (Å²) in [5, 5.41) is 20.6. The van der Waals surface area contributed by atoms with E-state index in [-0.39, 0.29) is 17.1 Å². The summed E-state index contributed by atoms with van der Waals surface area (Å²) in [6.07, 6.45) is 1.53. The summed E-state index contributed by atoms with van der Waals surface area (Å²) in [5.74, 6) is 0.418. The first-order valence-electron chi connectivity index (χ1n) is 6.53. The van der Waals surface area contributed by atoms with Crippen LogP contribution in [0.3, 0.4) is 0 Å². The van der Waals surface area contributed by atoms with Gasteiger partial charge in [0.05, 0.1) is 24.6 Å². The van der Waals surface area contributed by atoms with Crippen molar-refractivity contribution in [3.63, 3.8) is 0 Å². The molecule has 0 radical (unpaired) electrons. The van der Waals surface area contributed by atoms with Crippen molar-refractivity contribution >= 4 is 34.8 Å². The SMILES string of the molecule is COC(=O)CC1(CSc2sc(C(C)O)cc2[N+](=O)[O-])CC1.